The number of amidine groups is 1. The van der Waals surface area contributed by atoms with E-state index in [9.17, 15) is 9.59 Å². The van der Waals surface area contributed by atoms with Gasteiger partial charge >= 0.3 is 6.09 Å². The van der Waals surface area contributed by atoms with Crippen molar-refractivity contribution in [1.82, 2.24) is 20.2 Å². The van der Waals surface area contributed by atoms with Gasteiger partial charge in [0.15, 0.2) is 11.0 Å². The number of amides is 2. The molecule has 1 saturated heterocycles. The highest BCUT2D eigenvalue weighted by atomic mass is 35.5. The lowest BCUT2D eigenvalue weighted by Crippen LogP contribution is -2.43. The molecule has 218 valence electrons. The second-order valence-electron chi connectivity index (χ2n) is 11.0. The minimum Gasteiger partial charge on any atom is -0.444 e. The molecule has 2 aliphatic heterocycles. The number of fused-ring (bicyclic) bond motifs is 1. The Morgan fingerprint density at radius 1 is 1.17 bits per heavy atom. The maximum atomic E-state index is 15.7. The van der Waals surface area contributed by atoms with Crippen molar-refractivity contribution in [2.24, 2.45) is 10.9 Å². The van der Waals surface area contributed by atoms with Crippen molar-refractivity contribution in [3.63, 3.8) is 0 Å². The second-order valence-corrected chi connectivity index (χ2v) is 12.4. The Balaban J connectivity index is 1.55. The summed E-state index contributed by atoms with van der Waals surface area (Å²) in [7, 11) is 0. The third-order valence-electron chi connectivity index (χ3n) is 6.79. The minimum absolute atomic E-state index is 0.00702. The third kappa shape index (κ3) is 6.47. The molecule has 2 atom stereocenters. The predicted molar refractivity (Wildman–Crippen MR) is 159 cm³/mol. The maximum Gasteiger partial charge on any atom is 0.410 e. The van der Waals surface area contributed by atoms with E-state index in [0.29, 0.717) is 22.0 Å². The van der Waals surface area contributed by atoms with Gasteiger partial charge in [-0.2, -0.15) is 0 Å². The van der Waals surface area contributed by atoms with Crippen LogP contribution < -0.4 is 5.32 Å². The first-order chi connectivity index (χ1) is 19.9. The number of aromatic nitrogens is 2. The van der Waals surface area contributed by atoms with Crippen LogP contribution in [0, 0.1) is 11.7 Å². The van der Waals surface area contributed by atoms with Crippen molar-refractivity contribution < 1.29 is 23.1 Å². The Hall–Kier alpha value is -3.83. The molecule has 3 aromatic rings. The number of likely N-dealkylation sites (tertiary alicyclic amines) is 1. The van der Waals surface area contributed by atoms with Crippen LogP contribution in [0.1, 0.15) is 48.0 Å². The number of aliphatic imine (C=N–C) groups is 1. The van der Waals surface area contributed by atoms with E-state index < -0.39 is 28.9 Å². The fourth-order valence-corrected chi connectivity index (χ4v) is 6.12. The summed E-state index contributed by atoms with van der Waals surface area (Å²) in [4.78, 5) is 40.2. The van der Waals surface area contributed by atoms with Crippen LogP contribution in [0.25, 0.3) is 11.9 Å². The highest BCUT2D eigenvalue weighted by Crippen LogP contribution is 2.47. The Morgan fingerprint density at radius 2 is 1.93 bits per heavy atom. The van der Waals surface area contributed by atoms with E-state index in [1.165, 1.54) is 53.3 Å². The van der Waals surface area contributed by atoms with Crippen LogP contribution in [0.15, 0.2) is 65.9 Å². The topological polar surface area (TPSA) is 96.8 Å². The number of hydrogen-bond donors (Lipinski definition) is 1. The predicted octanol–water partition coefficient (Wildman–Crippen LogP) is 6.33. The first kappa shape index (κ1) is 29.7. The minimum atomic E-state index is -1.26. The van der Waals surface area contributed by atoms with E-state index in [1.807, 2.05) is 0 Å². The number of carbonyl (C=O) groups excluding carboxylic acids is 2. The summed E-state index contributed by atoms with van der Waals surface area (Å²) < 4.78 is 36.4. The summed E-state index contributed by atoms with van der Waals surface area (Å²) in [5.74, 6) is -1.49. The maximum absolute atomic E-state index is 15.7. The van der Waals surface area contributed by atoms with Gasteiger partial charge in [-0.1, -0.05) is 47.6 Å². The Kier molecular flexibility index (Phi) is 8.34. The molecular formula is C30H28ClF2N5O3S. The zero-order valence-corrected chi connectivity index (χ0v) is 24.7. The van der Waals surface area contributed by atoms with E-state index in [0.717, 1.165) is 0 Å². The summed E-state index contributed by atoms with van der Waals surface area (Å²) >= 11 is 7.09. The van der Waals surface area contributed by atoms with Gasteiger partial charge in [0.2, 0.25) is 0 Å². The quantitative estimate of drug-likeness (QED) is 0.370. The number of nitrogens with zero attached hydrogens (tertiary/aromatic N) is 4. The molecular weight excluding hydrogens is 584 g/mol. The van der Waals surface area contributed by atoms with Gasteiger partial charge in [-0.05, 0) is 56.7 Å². The van der Waals surface area contributed by atoms with Crippen LogP contribution in [0.2, 0.25) is 5.15 Å². The number of thioether (sulfide) groups is 1. The molecule has 42 heavy (non-hydrogen) atoms. The molecule has 12 heteroatoms. The van der Waals surface area contributed by atoms with Crippen molar-refractivity contribution in [2.45, 2.75) is 31.9 Å². The fourth-order valence-electron chi connectivity index (χ4n) is 4.89. The monoisotopic (exact) mass is 611 g/mol. The average Bonchev–Trinajstić information content (AvgIpc) is 3.34. The number of halogens is 3. The zero-order valence-electron chi connectivity index (χ0n) is 23.1. The van der Waals surface area contributed by atoms with Crippen LogP contribution in [-0.4, -0.2) is 56.5 Å². The molecule has 1 N–H and O–H groups in total. The number of benzene rings is 2. The Bertz CT molecular complexity index is 1560. The number of rotatable bonds is 4. The zero-order chi connectivity index (χ0) is 30.1. The first-order valence-corrected chi connectivity index (χ1v) is 14.5. The normalized spacial score (nSPS) is 20.5. The van der Waals surface area contributed by atoms with E-state index in [1.54, 1.807) is 51.1 Å². The van der Waals surface area contributed by atoms with Gasteiger partial charge in [-0.25, -0.2) is 28.5 Å². The lowest BCUT2D eigenvalue weighted by molar-refractivity contribution is 0.0281. The Morgan fingerprint density at radius 3 is 2.62 bits per heavy atom. The second kappa shape index (κ2) is 11.8. The molecule has 5 rings (SSSR count). The average molecular weight is 612 g/mol. The summed E-state index contributed by atoms with van der Waals surface area (Å²) in [6.07, 6.45) is 3.10. The molecule has 1 aromatic heterocycles. The molecule has 1 fully saturated rings. The van der Waals surface area contributed by atoms with E-state index in [2.05, 4.69) is 15.3 Å². The highest BCUT2D eigenvalue weighted by molar-refractivity contribution is 8.13. The smallest absolute Gasteiger partial charge is 0.410 e. The van der Waals surface area contributed by atoms with E-state index in [4.69, 9.17) is 21.3 Å². The van der Waals surface area contributed by atoms with Crippen molar-refractivity contribution in [1.29, 1.82) is 0 Å². The number of ether oxygens (including phenoxy) is 1. The van der Waals surface area contributed by atoms with Gasteiger partial charge < -0.3 is 15.0 Å². The van der Waals surface area contributed by atoms with Crippen molar-refractivity contribution in [3.8, 4) is 0 Å². The van der Waals surface area contributed by atoms with Crippen LogP contribution in [0.3, 0.4) is 0 Å². The molecule has 0 bridgehead atoms. The van der Waals surface area contributed by atoms with Gasteiger partial charge in [0.1, 0.15) is 27.8 Å². The molecule has 8 nitrogen and oxygen atoms in total. The third-order valence-corrected chi connectivity index (χ3v) is 8.02. The summed E-state index contributed by atoms with van der Waals surface area (Å²) in [5.41, 5.74) is -1.05. The van der Waals surface area contributed by atoms with Crippen LogP contribution in [0.4, 0.5) is 13.6 Å². The number of nitrogens with one attached hydrogen (secondary N) is 1. The highest BCUT2D eigenvalue weighted by Gasteiger charge is 2.53. The van der Waals surface area contributed by atoms with Gasteiger partial charge in [-0.15, -0.1) is 0 Å². The molecule has 3 heterocycles. The molecule has 2 aliphatic rings. The van der Waals surface area contributed by atoms with Gasteiger partial charge in [0.25, 0.3) is 5.91 Å². The van der Waals surface area contributed by atoms with Crippen molar-refractivity contribution in [2.75, 3.05) is 18.8 Å². The molecule has 0 radical (unpaired) electrons. The summed E-state index contributed by atoms with van der Waals surface area (Å²) in [6.45, 7) is 5.57. The molecule has 2 amide bonds. The van der Waals surface area contributed by atoms with E-state index in [-0.39, 0.29) is 41.3 Å². The molecule has 0 unspecified atom stereocenters. The lowest BCUT2D eigenvalue weighted by atomic mass is 9.81. The van der Waals surface area contributed by atoms with E-state index >= 15 is 8.78 Å². The number of hydrogen-bond acceptors (Lipinski definition) is 7. The van der Waals surface area contributed by atoms with Crippen LogP contribution in [-0.2, 0) is 10.3 Å². The van der Waals surface area contributed by atoms with Gasteiger partial charge in [-0.3, -0.25) is 4.79 Å². The van der Waals surface area contributed by atoms with Crippen LogP contribution in [0.5, 0.6) is 0 Å². The standard InChI is InChI=1S/C30H28ClF2N5O3S/c1-29(2,3)41-28(40)38-15-20-16-42-27(36-26(39)19-7-5-4-6-8-19)37-30(20,17-38)21-11-18(9-10-22(21)32)12-23(33)24-13-35-25(31)14-34-24/h4-14,20H,15-17H2,1-3H3,(H,36,37,39)/b23-12-/t20-,30-/m0/s1. The van der Waals surface area contributed by atoms with Gasteiger partial charge in [0.05, 0.1) is 18.9 Å². The first-order valence-electron chi connectivity index (χ1n) is 13.2. The van der Waals surface area contributed by atoms with Crippen molar-refractivity contribution >= 4 is 52.4 Å². The van der Waals surface area contributed by atoms with Crippen molar-refractivity contribution in [3.05, 3.63) is 94.3 Å². The SMILES string of the molecule is CC(C)(C)OC(=O)N1C[C@H]2CSC(NC(=O)c3ccccc3)=N[C@@]2(c2cc(/C=C(\F)c3cnc(Cl)cn3)ccc2F)C1. The summed E-state index contributed by atoms with van der Waals surface area (Å²) in [5, 5.41) is 3.26. The summed E-state index contributed by atoms with van der Waals surface area (Å²) in [6, 6.07) is 12.9. The lowest BCUT2D eigenvalue weighted by Gasteiger charge is -2.35. The molecule has 0 aliphatic carbocycles. The number of carbonyl (C=O) groups is 2. The van der Waals surface area contributed by atoms with Gasteiger partial charge in [0, 0.05) is 29.3 Å². The fraction of sp³-hybridized carbons (Fsp3) is 0.300. The molecule has 0 spiro atoms. The molecule has 0 saturated carbocycles. The Labute approximate surface area is 251 Å². The largest absolute Gasteiger partial charge is 0.444 e. The van der Waals surface area contributed by atoms with Crippen LogP contribution >= 0.6 is 23.4 Å². The molecule has 2 aromatic carbocycles.